The predicted molar refractivity (Wildman–Crippen MR) is 82.5 cm³/mol. The number of aryl methyl sites for hydroxylation is 1. The molecule has 0 unspecified atom stereocenters. The second kappa shape index (κ2) is 5.24. The highest BCUT2D eigenvalue weighted by Gasteiger charge is 2.06. The molecule has 106 valence electrons. The van der Waals surface area contributed by atoms with Crippen LogP contribution in [0.4, 0.5) is 17.2 Å². The van der Waals surface area contributed by atoms with Gasteiger partial charge >= 0.3 is 0 Å². The van der Waals surface area contributed by atoms with E-state index in [0.29, 0.717) is 0 Å². The van der Waals surface area contributed by atoms with E-state index in [9.17, 15) is 4.79 Å². The van der Waals surface area contributed by atoms with E-state index in [0.717, 1.165) is 28.2 Å². The number of nitrogens with one attached hydrogen (secondary N) is 2. The second-order valence-corrected chi connectivity index (χ2v) is 4.77. The molecule has 0 bridgehead atoms. The van der Waals surface area contributed by atoms with Crippen LogP contribution < -0.4 is 10.6 Å². The fourth-order valence-electron chi connectivity index (χ4n) is 2.15. The van der Waals surface area contributed by atoms with Crippen LogP contribution in [0.1, 0.15) is 6.92 Å². The lowest BCUT2D eigenvalue weighted by Crippen LogP contribution is -2.05. The van der Waals surface area contributed by atoms with Crippen LogP contribution in [0, 0.1) is 0 Å². The van der Waals surface area contributed by atoms with Gasteiger partial charge in [-0.3, -0.25) is 4.79 Å². The van der Waals surface area contributed by atoms with Gasteiger partial charge in [0.05, 0.1) is 5.39 Å². The van der Waals surface area contributed by atoms with Crippen LogP contribution in [0.3, 0.4) is 0 Å². The maximum atomic E-state index is 11.0. The van der Waals surface area contributed by atoms with E-state index in [4.69, 9.17) is 0 Å². The molecule has 0 saturated heterocycles. The highest BCUT2D eigenvalue weighted by atomic mass is 16.1. The summed E-state index contributed by atoms with van der Waals surface area (Å²) < 4.78 is 1.95. The molecule has 0 aliphatic carbocycles. The third-order valence-corrected chi connectivity index (χ3v) is 3.13. The van der Waals surface area contributed by atoms with Gasteiger partial charge in [-0.2, -0.15) is 0 Å². The number of hydrogen-bond donors (Lipinski definition) is 2. The van der Waals surface area contributed by atoms with Crippen molar-refractivity contribution in [2.45, 2.75) is 6.92 Å². The molecular formula is C15H15N5O. The topological polar surface area (TPSA) is 71.8 Å². The number of aromatic nitrogens is 3. The maximum absolute atomic E-state index is 11.0. The quantitative estimate of drug-likeness (QED) is 0.774. The second-order valence-electron chi connectivity index (χ2n) is 4.77. The van der Waals surface area contributed by atoms with Crippen LogP contribution in [0.2, 0.25) is 0 Å². The first kappa shape index (κ1) is 13.1. The lowest BCUT2D eigenvalue weighted by Gasteiger charge is -2.08. The van der Waals surface area contributed by atoms with Crippen molar-refractivity contribution in [1.82, 2.24) is 14.5 Å². The van der Waals surface area contributed by atoms with Crippen molar-refractivity contribution < 1.29 is 4.79 Å². The first-order chi connectivity index (χ1) is 10.1. The molecular weight excluding hydrogens is 266 g/mol. The van der Waals surface area contributed by atoms with E-state index in [2.05, 4.69) is 20.6 Å². The van der Waals surface area contributed by atoms with Gasteiger partial charge in [0.25, 0.3) is 0 Å². The normalized spacial score (nSPS) is 10.6. The summed E-state index contributed by atoms with van der Waals surface area (Å²) >= 11 is 0. The molecule has 6 nitrogen and oxygen atoms in total. The Bertz CT molecular complexity index is 791. The van der Waals surface area contributed by atoms with Gasteiger partial charge in [0.2, 0.25) is 5.91 Å². The van der Waals surface area contributed by atoms with Gasteiger partial charge in [-0.25, -0.2) is 9.97 Å². The molecule has 1 amide bonds. The van der Waals surface area contributed by atoms with Gasteiger partial charge in [0, 0.05) is 31.5 Å². The van der Waals surface area contributed by atoms with Crippen molar-refractivity contribution in [2.75, 3.05) is 10.6 Å². The third kappa shape index (κ3) is 2.69. The minimum absolute atomic E-state index is 0.0856. The van der Waals surface area contributed by atoms with Crippen molar-refractivity contribution in [2.24, 2.45) is 7.05 Å². The van der Waals surface area contributed by atoms with Crippen molar-refractivity contribution >= 4 is 34.1 Å². The molecule has 6 heteroatoms. The van der Waals surface area contributed by atoms with Crippen molar-refractivity contribution in [3.05, 3.63) is 42.9 Å². The molecule has 2 aromatic heterocycles. The highest BCUT2D eigenvalue weighted by Crippen LogP contribution is 2.24. The summed E-state index contributed by atoms with van der Waals surface area (Å²) in [5, 5.41) is 6.96. The molecule has 2 heterocycles. The molecule has 0 saturated carbocycles. The molecule has 0 aliphatic rings. The van der Waals surface area contributed by atoms with Gasteiger partial charge in [0.15, 0.2) is 0 Å². The Balaban J connectivity index is 1.86. The van der Waals surface area contributed by atoms with E-state index >= 15 is 0 Å². The van der Waals surface area contributed by atoms with E-state index in [1.165, 1.54) is 13.3 Å². The van der Waals surface area contributed by atoms with Crippen LogP contribution in [0.25, 0.3) is 11.0 Å². The Morgan fingerprint density at radius 3 is 2.52 bits per heavy atom. The summed E-state index contributed by atoms with van der Waals surface area (Å²) in [6.45, 7) is 1.49. The number of benzene rings is 1. The zero-order valence-corrected chi connectivity index (χ0v) is 11.8. The zero-order valence-electron chi connectivity index (χ0n) is 11.8. The van der Waals surface area contributed by atoms with Gasteiger partial charge in [0.1, 0.15) is 17.8 Å². The average Bonchev–Trinajstić information content (AvgIpc) is 2.83. The lowest BCUT2D eigenvalue weighted by atomic mass is 10.2. The van der Waals surface area contributed by atoms with Crippen LogP contribution in [-0.2, 0) is 11.8 Å². The summed E-state index contributed by atoms with van der Waals surface area (Å²) in [7, 11) is 1.95. The van der Waals surface area contributed by atoms with Crippen LogP contribution in [0.5, 0.6) is 0 Å². The molecule has 1 aromatic carbocycles. The largest absolute Gasteiger partial charge is 0.340 e. The Kier molecular flexibility index (Phi) is 3.27. The molecule has 0 fully saturated rings. The molecule has 2 N–H and O–H groups in total. The summed E-state index contributed by atoms with van der Waals surface area (Å²) in [5.74, 6) is 0.672. The zero-order chi connectivity index (χ0) is 14.8. The van der Waals surface area contributed by atoms with Gasteiger partial charge < -0.3 is 15.2 Å². The highest BCUT2D eigenvalue weighted by molar-refractivity contribution is 5.90. The minimum atomic E-state index is -0.0856. The van der Waals surface area contributed by atoms with Crippen LogP contribution >= 0.6 is 0 Å². The first-order valence-electron chi connectivity index (χ1n) is 6.54. The summed E-state index contributed by atoms with van der Waals surface area (Å²) in [4.78, 5) is 19.5. The molecule has 0 spiro atoms. The third-order valence-electron chi connectivity index (χ3n) is 3.13. The fraction of sp³-hybridized carbons (Fsp3) is 0.133. The number of carbonyl (C=O) groups excluding carboxylic acids is 1. The SMILES string of the molecule is CC(=O)Nc1ccc(Nc2ncnc3c2ccn3C)cc1. The monoisotopic (exact) mass is 281 g/mol. The number of hydrogen-bond acceptors (Lipinski definition) is 4. The Labute approximate surface area is 121 Å². The summed E-state index contributed by atoms with van der Waals surface area (Å²) in [6, 6.07) is 9.44. The van der Waals surface area contributed by atoms with Crippen LogP contribution in [-0.4, -0.2) is 20.4 Å². The predicted octanol–water partition coefficient (Wildman–Crippen LogP) is 2.67. The van der Waals surface area contributed by atoms with Crippen LogP contribution in [0.15, 0.2) is 42.9 Å². The number of fused-ring (bicyclic) bond motifs is 1. The number of carbonyl (C=O) groups is 1. The van der Waals surface area contributed by atoms with E-state index in [-0.39, 0.29) is 5.91 Å². The Hall–Kier alpha value is -2.89. The minimum Gasteiger partial charge on any atom is -0.340 e. The van der Waals surface area contributed by atoms with Crippen molar-refractivity contribution in [3.63, 3.8) is 0 Å². The van der Waals surface area contributed by atoms with Crippen molar-refractivity contribution in [1.29, 1.82) is 0 Å². The average molecular weight is 281 g/mol. The van der Waals surface area contributed by atoms with Gasteiger partial charge in [-0.05, 0) is 30.3 Å². The standard InChI is InChI=1S/C15H15N5O/c1-10(21)18-11-3-5-12(6-4-11)19-14-13-7-8-20(2)15(13)17-9-16-14/h3-9H,1-2H3,(H,18,21)(H,16,17,19). The molecule has 3 aromatic rings. The molecule has 0 aliphatic heterocycles. The lowest BCUT2D eigenvalue weighted by molar-refractivity contribution is -0.114. The smallest absolute Gasteiger partial charge is 0.221 e. The molecule has 0 radical (unpaired) electrons. The van der Waals surface area contributed by atoms with E-state index < -0.39 is 0 Å². The van der Waals surface area contributed by atoms with Crippen molar-refractivity contribution in [3.8, 4) is 0 Å². The number of rotatable bonds is 3. The Morgan fingerprint density at radius 1 is 1.10 bits per heavy atom. The Morgan fingerprint density at radius 2 is 1.81 bits per heavy atom. The molecule has 3 rings (SSSR count). The number of amides is 1. The maximum Gasteiger partial charge on any atom is 0.221 e. The molecule has 21 heavy (non-hydrogen) atoms. The number of anilines is 3. The summed E-state index contributed by atoms with van der Waals surface area (Å²) in [5.41, 5.74) is 2.54. The van der Waals surface area contributed by atoms with Gasteiger partial charge in [-0.15, -0.1) is 0 Å². The molecule has 0 atom stereocenters. The van der Waals surface area contributed by atoms with E-state index in [1.807, 2.05) is 48.1 Å². The first-order valence-corrected chi connectivity index (χ1v) is 6.54. The number of nitrogens with zero attached hydrogens (tertiary/aromatic N) is 3. The van der Waals surface area contributed by atoms with Gasteiger partial charge in [-0.1, -0.05) is 0 Å². The fourth-order valence-corrected chi connectivity index (χ4v) is 2.15. The van der Waals surface area contributed by atoms with E-state index in [1.54, 1.807) is 0 Å². The summed E-state index contributed by atoms with van der Waals surface area (Å²) in [6.07, 6.45) is 3.49.